The van der Waals surface area contributed by atoms with E-state index in [2.05, 4.69) is 0 Å². The first-order chi connectivity index (χ1) is 10.5. The molecule has 0 atom stereocenters. The van der Waals surface area contributed by atoms with Crippen molar-refractivity contribution < 1.29 is 9.72 Å². The molecule has 0 aliphatic heterocycles. The average Bonchev–Trinajstić information content (AvgIpc) is 2.51. The van der Waals surface area contributed by atoms with Gasteiger partial charge < -0.3 is 0 Å². The topological polar surface area (TPSA) is 60.2 Å². The van der Waals surface area contributed by atoms with Crippen LogP contribution in [-0.4, -0.2) is 10.7 Å². The number of carbonyl (C=O) groups excluding carboxylic acids is 1. The van der Waals surface area contributed by atoms with Crippen LogP contribution in [0.1, 0.15) is 17.3 Å². The van der Waals surface area contributed by atoms with Crippen LogP contribution in [0, 0.1) is 10.1 Å². The fraction of sp³-hybridized carbons (Fsp3) is 0.0556. The van der Waals surface area contributed by atoms with E-state index in [1.165, 1.54) is 0 Å². The zero-order chi connectivity index (χ0) is 15.4. The smallest absolute Gasteiger partial charge is 0.270 e. The molecular weight excluding hydrogens is 278 g/mol. The first-order valence-electron chi connectivity index (χ1n) is 6.92. The molecule has 0 aliphatic carbocycles. The number of nitrogens with zero attached hydrogens (tertiary/aromatic N) is 1. The highest BCUT2D eigenvalue weighted by molar-refractivity contribution is 6.24. The molecule has 22 heavy (non-hydrogen) atoms. The van der Waals surface area contributed by atoms with Crippen molar-refractivity contribution in [2.75, 3.05) is 0 Å². The van der Waals surface area contributed by atoms with Crippen LogP contribution in [0.4, 0.5) is 5.69 Å². The van der Waals surface area contributed by atoms with Crippen LogP contribution < -0.4 is 0 Å². The van der Waals surface area contributed by atoms with E-state index in [1.807, 2.05) is 36.4 Å². The van der Waals surface area contributed by atoms with Gasteiger partial charge in [-0.1, -0.05) is 24.3 Å². The van der Waals surface area contributed by atoms with Crippen molar-refractivity contribution in [2.45, 2.75) is 6.92 Å². The molecule has 0 aliphatic rings. The molecule has 4 aromatic rings. The van der Waals surface area contributed by atoms with E-state index < -0.39 is 0 Å². The highest BCUT2D eigenvalue weighted by atomic mass is 16.6. The third-order valence-corrected chi connectivity index (χ3v) is 4.14. The number of hydrogen-bond donors (Lipinski definition) is 0. The molecule has 0 saturated heterocycles. The second kappa shape index (κ2) is 4.24. The van der Waals surface area contributed by atoms with E-state index in [0.717, 1.165) is 32.3 Å². The zero-order valence-corrected chi connectivity index (χ0v) is 11.8. The van der Waals surface area contributed by atoms with Crippen molar-refractivity contribution in [1.29, 1.82) is 0 Å². The van der Waals surface area contributed by atoms with Crippen LogP contribution in [0.15, 0.2) is 48.5 Å². The molecular formula is C18H11NO3. The number of non-ortho nitro benzene ring substituents is 1. The van der Waals surface area contributed by atoms with E-state index in [0.29, 0.717) is 5.56 Å². The first kappa shape index (κ1) is 12.7. The van der Waals surface area contributed by atoms with Crippen LogP contribution in [0.5, 0.6) is 0 Å². The predicted octanol–water partition coefficient (Wildman–Crippen LogP) is 4.69. The van der Waals surface area contributed by atoms with Gasteiger partial charge in [-0.15, -0.1) is 0 Å². The Bertz CT molecular complexity index is 928. The monoisotopic (exact) mass is 289 g/mol. The molecule has 4 nitrogen and oxygen atoms in total. The summed E-state index contributed by atoms with van der Waals surface area (Å²) < 4.78 is 0. The van der Waals surface area contributed by atoms with Crippen molar-refractivity contribution in [3.8, 4) is 0 Å². The Balaban J connectivity index is 2.21. The number of carbonyl (C=O) groups is 1. The minimum absolute atomic E-state index is 0.0288. The predicted molar refractivity (Wildman–Crippen MR) is 86.8 cm³/mol. The number of hydrogen-bond acceptors (Lipinski definition) is 3. The summed E-state index contributed by atoms with van der Waals surface area (Å²) in [4.78, 5) is 22.3. The summed E-state index contributed by atoms with van der Waals surface area (Å²) in [5.74, 6) is 0.0288. The normalized spacial score (nSPS) is 11.5. The van der Waals surface area contributed by atoms with Gasteiger partial charge in [-0.05, 0) is 51.4 Å². The summed E-state index contributed by atoms with van der Waals surface area (Å²) in [5, 5.41) is 16.8. The summed E-state index contributed by atoms with van der Waals surface area (Å²) in [6.45, 7) is 1.55. The molecule has 4 rings (SSSR count). The maximum absolute atomic E-state index is 11.7. The highest BCUT2D eigenvalue weighted by Crippen LogP contribution is 2.37. The fourth-order valence-electron chi connectivity index (χ4n) is 3.13. The summed E-state index contributed by atoms with van der Waals surface area (Å²) in [6.07, 6.45) is 0. The molecule has 4 heteroatoms. The van der Waals surface area contributed by atoms with E-state index in [1.54, 1.807) is 19.1 Å². The third kappa shape index (κ3) is 1.67. The molecule has 0 heterocycles. The quantitative estimate of drug-likeness (QED) is 0.233. The zero-order valence-electron chi connectivity index (χ0n) is 11.8. The number of rotatable bonds is 2. The maximum atomic E-state index is 11.7. The number of nitro benzene ring substituents is 1. The number of Topliss-reactive ketones (excluding diaryl/α,β-unsaturated/α-hetero) is 1. The second-order valence-electron chi connectivity index (χ2n) is 5.51. The molecule has 0 saturated carbocycles. The van der Waals surface area contributed by atoms with Crippen molar-refractivity contribution in [2.24, 2.45) is 0 Å². The Morgan fingerprint density at radius 1 is 0.864 bits per heavy atom. The minimum Gasteiger partial charge on any atom is -0.295 e. The molecule has 0 N–H and O–H groups in total. The average molecular weight is 289 g/mol. The molecule has 0 aromatic heterocycles. The van der Waals surface area contributed by atoms with E-state index in [4.69, 9.17) is 0 Å². The van der Waals surface area contributed by atoms with Crippen LogP contribution in [0.3, 0.4) is 0 Å². The van der Waals surface area contributed by atoms with Gasteiger partial charge in [-0.2, -0.15) is 0 Å². The van der Waals surface area contributed by atoms with Crippen LogP contribution in [-0.2, 0) is 0 Å². The van der Waals surface area contributed by atoms with Crippen LogP contribution >= 0.6 is 0 Å². The Morgan fingerprint density at radius 2 is 1.27 bits per heavy atom. The summed E-state index contributed by atoms with van der Waals surface area (Å²) >= 11 is 0. The maximum Gasteiger partial charge on any atom is 0.270 e. The van der Waals surface area contributed by atoms with Gasteiger partial charge in [0.1, 0.15) is 0 Å². The van der Waals surface area contributed by atoms with E-state index in [-0.39, 0.29) is 16.4 Å². The van der Waals surface area contributed by atoms with Gasteiger partial charge in [0, 0.05) is 17.7 Å². The first-order valence-corrected chi connectivity index (χ1v) is 6.92. The van der Waals surface area contributed by atoms with E-state index >= 15 is 0 Å². The largest absolute Gasteiger partial charge is 0.295 e. The van der Waals surface area contributed by atoms with Crippen LogP contribution in [0.2, 0.25) is 0 Å². The van der Waals surface area contributed by atoms with E-state index in [9.17, 15) is 14.9 Å². The molecule has 0 spiro atoms. The summed E-state index contributed by atoms with van der Waals surface area (Å²) in [7, 11) is 0. The van der Waals surface area contributed by atoms with Gasteiger partial charge in [-0.25, -0.2) is 0 Å². The molecule has 106 valence electrons. The van der Waals surface area contributed by atoms with Crippen molar-refractivity contribution in [3.05, 3.63) is 64.2 Å². The number of benzene rings is 4. The highest BCUT2D eigenvalue weighted by Gasteiger charge is 2.14. The lowest BCUT2D eigenvalue weighted by molar-refractivity contribution is -0.384. The van der Waals surface area contributed by atoms with Crippen molar-refractivity contribution in [3.63, 3.8) is 0 Å². The minimum atomic E-state index is -0.373. The van der Waals surface area contributed by atoms with Gasteiger partial charge >= 0.3 is 0 Å². The van der Waals surface area contributed by atoms with Gasteiger partial charge in [0.05, 0.1) is 4.92 Å². The molecule has 0 unspecified atom stereocenters. The molecule has 0 fully saturated rings. The number of nitro groups is 1. The van der Waals surface area contributed by atoms with Crippen molar-refractivity contribution in [1.82, 2.24) is 0 Å². The molecule has 0 bridgehead atoms. The lowest BCUT2D eigenvalue weighted by Crippen LogP contribution is -1.94. The Morgan fingerprint density at radius 3 is 1.64 bits per heavy atom. The fourth-order valence-corrected chi connectivity index (χ4v) is 3.13. The Hall–Kier alpha value is -3.01. The lowest BCUT2D eigenvalue weighted by atomic mass is 9.92. The third-order valence-electron chi connectivity index (χ3n) is 4.14. The summed E-state index contributed by atoms with van der Waals surface area (Å²) in [5.41, 5.74) is 0.771. The second-order valence-corrected chi connectivity index (χ2v) is 5.51. The SMILES string of the molecule is CC(=O)c1cc2ccc3cc([N+](=O)[O-])cc4ccc(c1)c2c34. The van der Waals surface area contributed by atoms with Gasteiger partial charge in [0.2, 0.25) is 0 Å². The summed E-state index contributed by atoms with van der Waals surface area (Å²) in [6, 6.07) is 14.5. The van der Waals surface area contributed by atoms with Crippen LogP contribution in [0.25, 0.3) is 32.3 Å². The van der Waals surface area contributed by atoms with Gasteiger partial charge in [0.15, 0.2) is 5.78 Å². The molecule has 4 aromatic carbocycles. The lowest BCUT2D eigenvalue weighted by Gasteiger charge is -2.11. The Labute approximate surface area is 125 Å². The van der Waals surface area contributed by atoms with Gasteiger partial charge in [0.25, 0.3) is 5.69 Å². The standard InChI is InChI=1S/C18H11NO3/c1-10(20)15-6-11-2-4-13-8-16(19(21)22)9-14-5-3-12(7-15)17(11)18(13)14/h2-9H,1H3. The Kier molecular flexibility index (Phi) is 2.45. The molecule has 0 radical (unpaired) electrons. The van der Waals surface area contributed by atoms with Gasteiger partial charge in [-0.3, -0.25) is 14.9 Å². The van der Waals surface area contributed by atoms with Crippen molar-refractivity contribution >= 4 is 43.8 Å². The number of ketones is 1. The molecule has 0 amide bonds.